The van der Waals surface area contributed by atoms with Crippen LogP contribution in [0.4, 0.5) is 5.82 Å². The standard InChI is InChI=1S/C20H20N4O4S2/c25-30(26,15-3-5-17-18(14-15)28-12-11-27-17)24-9-7-23(8-10-24)20-6-4-16(21-22-20)19-2-1-13-29-19/h1-6,13-14H,7-12H2. The van der Waals surface area contributed by atoms with Crippen molar-refractivity contribution in [3.05, 3.63) is 47.8 Å². The molecule has 2 aliphatic heterocycles. The number of sulfonamides is 1. The molecule has 0 unspecified atom stereocenters. The number of ether oxygens (including phenoxy) is 2. The molecule has 2 aromatic heterocycles. The van der Waals surface area contributed by atoms with Crippen LogP contribution in [0.1, 0.15) is 0 Å². The third-order valence-electron chi connectivity index (χ3n) is 5.14. The van der Waals surface area contributed by atoms with E-state index in [4.69, 9.17) is 9.47 Å². The summed E-state index contributed by atoms with van der Waals surface area (Å²) in [4.78, 5) is 3.35. The van der Waals surface area contributed by atoms with Crippen LogP contribution in [0.15, 0.2) is 52.7 Å². The van der Waals surface area contributed by atoms with E-state index in [2.05, 4.69) is 15.1 Å². The summed E-state index contributed by atoms with van der Waals surface area (Å²) in [5, 5.41) is 10.7. The summed E-state index contributed by atoms with van der Waals surface area (Å²) >= 11 is 1.62. The van der Waals surface area contributed by atoms with Crippen LogP contribution in [-0.4, -0.2) is 62.3 Å². The maximum atomic E-state index is 13.1. The number of hydrogen-bond donors (Lipinski definition) is 0. The third kappa shape index (κ3) is 3.62. The first-order valence-corrected chi connectivity index (χ1v) is 12.0. The Balaban J connectivity index is 1.27. The van der Waals surface area contributed by atoms with Crippen molar-refractivity contribution in [1.82, 2.24) is 14.5 Å². The molecular formula is C20H20N4O4S2. The van der Waals surface area contributed by atoms with Crippen molar-refractivity contribution in [2.75, 3.05) is 44.3 Å². The molecule has 1 aromatic carbocycles. The molecule has 30 heavy (non-hydrogen) atoms. The zero-order valence-electron chi connectivity index (χ0n) is 16.1. The van der Waals surface area contributed by atoms with Crippen molar-refractivity contribution in [1.29, 1.82) is 0 Å². The van der Waals surface area contributed by atoms with Gasteiger partial charge in [0.15, 0.2) is 17.3 Å². The summed E-state index contributed by atoms with van der Waals surface area (Å²) in [6, 6.07) is 12.7. The second-order valence-electron chi connectivity index (χ2n) is 6.95. The van der Waals surface area contributed by atoms with Gasteiger partial charge in [-0.2, -0.15) is 4.31 Å². The normalized spacial score (nSPS) is 17.1. The van der Waals surface area contributed by atoms with Gasteiger partial charge in [0.1, 0.15) is 18.9 Å². The van der Waals surface area contributed by atoms with Gasteiger partial charge in [-0.05, 0) is 35.7 Å². The van der Waals surface area contributed by atoms with Crippen LogP contribution in [0.5, 0.6) is 11.5 Å². The zero-order valence-corrected chi connectivity index (χ0v) is 17.7. The summed E-state index contributed by atoms with van der Waals surface area (Å²) in [5.74, 6) is 1.81. The van der Waals surface area contributed by atoms with Crippen molar-refractivity contribution in [3.8, 4) is 22.1 Å². The Morgan fingerprint density at radius 3 is 2.40 bits per heavy atom. The summed E-state index contributed by atoms with van der Waals surface area (Å²) in [6.07, 6.45) is 0. The SMILES string of the molecule is O=S(=O)(c1ccc2c(c1)OCCO2)N1CCN(c2ccc(-c3cccs3)nn2)CC1. The molecular weight excluding hydrogens is 424 g/mol. The molecule has 0 N–H and O–H groups in total. The Morgan fingerprint density at radius 2 is 1.70 bits per heavy atom. The van der Waals surface area contributed by atoms with Crippen molar-refractivity contribution < 1.29 is 17.9 Å². The van der Waals surface area contributed by atoms with Crippen molar-refractivity contribution >= 4 is 27.2 Å². The summed E-state index contributed by atoms with van der Waals surface area (Å²) < 4.78 is 38.7. The molecule has 0 aliphatic carbocycles. The van der Waals surface area contributed by atoms with Crippen molar-refractivity contribution in [2.45, 2.75) is 4.90 Å². The van der Waals surface area contributed by atoms with E-state index in [1.807, 2.05) is 29.6 Å². The van der Waals surface area contributed by atoms with Gasteiger partial charge >= 0.3 is 0 Å². The van der Waals surface area contributed by atoms with Crippen LogP contribution >= 0.6 is 11.3 Å². The predicted octanol–water partition coefficient (Wildman–Crippen LogP) is 2.49. The van der Waals surface area contributed by atoms with Gasteiger partial charge in [-0.1, -0.05) is 6.07 Å². The lowest BCUT2D eigenvalue weighted by molar-refractivity contribution is 0.171. The molecule has 0 saturated carbocycles. The predicted molar refractivity (Wildman–Crippen MR) is 114 cm³/mol. The minimum atomic E-state index is -3.60. The number of anilines is 1. The lowest BCUT2D eigenvalue weighted by Crippen LogP contribution is -2.49. The Hall–Kier alpha value is -2.69. The molecule has 1 fully saturated rings. The molecule has 3 aromatic rings. The van der Waals surface area contributed by atoms with Crippen LogP contribution < -0.4 is 14.4 Å². The number of benzene rings is 1. The molecule has 5 rings (SSSR count). The highest BCUT2D eigenvalue weighted by Gasteiger charge is 2.30. The number of thiophene rings is 1. The largest absolute Gasteiger partial charge is 0.486 e. The molecule has 0 amide bonds. The van der Waals surface area contributed by atoms with Crippen LogP contribution in [0.25, 0.3) is 10.6 Å². The van der Waals surface area contributed by atoms with Gasteiger partial charge in [0.05, 0.1) is 9.77 Å². The van der Waals surface area contributed by atoms with E-state index in [0.29, 0.717) is 50.9 Å². The molecule has 156 valence electrons. The molecule has 0 atom stereocenters. The van der Waals surface area contributed by atoms with Crippen LogP contribution in [-0.2, 0) is 10.0 Å². The maximum Gasteiger partial charge on any atom is 0.243 e. The highest BCUT2D eigenvalue weighted by Crippen LogP contribution is 2.33. The van der Waals surface area contributed by atoms with E-state index in [-0.39, 0.29) is 4.90 Å². The Kier molecular flexibility index (Phi) is 5.05. The fraction of sp³-hybridized carbons (Fsp3) is 0.300. The lowest BCUT2D eigenvalue weighted by Gasteiger charge is -2.34. The maximum absolute atomic E-state index is 13.1. The van der Waals surface area contributed by atoms with Crippen LogP contribution in [0, 0.1) is 0 Å². The molecule has 0 bridgehead atoms. The number of hydrogen-bond acceptors (Lipinski definition) is 8. The molecule has 1 saturated heterocycles. The van der Waals surface area contributed by atoms with Crippen molar-refractivity contribution in [3.63, 3.8) is 0 Å². The van der Waals surface area contributed by atoms with Gasteiger partial charge < -0.3 is 14.4 Å². The Labute approximate surface area is 178 Å². The molecule has 2 aliphatic rings. The molecule has 0 radical (unpaired) electrons. The van der Waals surface area contributed by atoms with E-state index >= 15 is 0 Å². The molecule has 0 spiro atoms. The first-order chi connectivity index (χ1) is 14.6. The first kappa shape index (κ1) is 19.3. The fourth-order valence-electron chi connectivity index (χ4n) is 3.54. The average Bonchev–Trinajstić information content (AvgIpc) is 3.34. The van der Waals surface area contributed by atoms with Gasteiger partial charge in [0.25, 0.3) is 0 Å². The third-order valence-corrected chi connectivity index (χ3v) is 7.93. The zero-order chi connectivity index (χ0) is 20.6. The van der Waals surface area contributed by atoms with Crippen LogP contribution in [0.2, 0.25) is 0 Å². The molecule has 4 heterocycles. The summed E-state index contributed by atoms with van der Waals surface area (Å²) in [5.41, 5.74) is 0.841. The average molecular weight is 445 g/mol. The van der Waals surface area contributed by atoms with Gasteiger partial charge in [-0.25, -0.2) is 8.42 Å². The number of fused-ring (bicyclic) bond motifs is 1. The highest BCUT2D eigenvalue weighted by molar-refractivity contribution is 7.89. The fourth-order valence-corrected chi connectivity index (χ4v) is 5.67. The topological polar surface area (TPSA) is 84.9 Å². The minimum absolute atomic E-state index is 0.222. The highest BCUT2D eigenvalue weighted by atomic mass is 32.2. The number of aromatic nitrogens is 2. The Morgan fingerprint density at radius 1 is 0.900 bits per heavy atom. The van der Waals surface area contributed by atoms with E-state index in [9.17, 15) is 8.42 Å². The van der Waals surface area contributed by atoms with E-state index < -0.39 is 10.0 Å². The van der Waals surface area contributed by atoms with Gasteiger partial charge in [0.2, 0.25) is 10.0 Å². The summed E-state index contributed by atoms with van der Waals surface area (Å²) in [7, 11) is -3.60. The second kappa shape index (κ2) is 7.86. The number of nitrogens with zero attached hydrogens (tertiary/aromatic N) is 4. The smallest absolute Gasteiger partial charge is 0.243 e. The van der Waals surface area contributed by atoms with Gasteiger partial charge in [-0.3, -0.25) is 0 Å². The van der Waals surface area contributed by atoms with E-state index in [0.717, 1.165) is 16.4 Å². The van der Waals surface area contributed by atoms with E-state index in [1.54, 1.807) is 29.5 Å². The van der Waals surface area contributed by atoms with Crippen molar-refractivity contribution in [2.24, 2.45) is 0 Å². The Bertz CT molecular complexity index is 1130. The van der Waals surface area contributed by atoms with Crippen LogP contribution in [0.3, 0.4) is 0 Å². The summed E-state index contributed by atoms with van der Waals surface area (Å²) in [6.45, 7) is 2.75. The second-order valence-corrected chi connectivity index (χ2v) is 9.84. The first-order valence-electron chi connectivity index (χ1n) is 9.64. The monoisotopic (exact) mass is 444 g/mol. The van der Waals surface area contributed by atoms with E-state index in [1.165, 1.54) is 4.31 Å². The quantitative estimate of drug-likeness (QED) is 0.611. The number of piperazine rings is 1. The lowest BCUT2D eigenvalue weighted by atomic mass is 10.3. The molecule has 10 heteroatoms. The van der Waals surface area contributed by atoms with Gasteiger partial charge in [-0.15, -0.1) is 21.5 Å². The van der Waals surface area contributed by atoms with Gasteiger partial charge in [0, 0.05) is 32.2 Å². The molecule has 8 nitrogen and oxygen atoms in total. The number of rotatable bonds is 4. The minimum Gasteiger partial charge on any atom is -0.486 e.